The van der Waals surface area contributed by atoms with Gasteiger partial charge < -0.3 is 10.0 Å². The number of aryl methyl sites for hydroxylation is 2. The molecule has 0 radical (unpaired) electrons. The van der Waals surface area contributed by atoms with Gasteiger partial charge in [0.1, 0.15) is 17.0 Å². The lowest BCUT2D eigenvalue weighted by atomic mass is 10.3. The molecule has 0 aromatic carbocycles. The van der Waals surface area contributed by atoms with Crippen molar-refractivity contribution in [2.45, 2.75) is 33.0 Å². The molecule has 3 aromatic heterocycles. The predicted molar refractivity (Wildman–Crippen MR) is 86.0 cm³/mol. The normalized spacial score (nSPS) is 15.1. The fraction of sp³-hybridized carbons (Fsp3) is 0.400. The predicted octanol–water partition coefficient (Wildman–Crippen LogP) is 2.10. The van der Waals surface area contributed by atoms with Crippen molar-refractivity contribution >= 4 is 27.4 Å². The molecule has 3 aromatic rings. The zero-order chi connectivity index (χ0) is 15.1. The highest BCUT2D eigenvalue weighted by molar-refractivity contribution is 7.18. The molecule has 114 valence electrons. The third kappa shape index (κ3) is 2.26. The average molecular weight is 315 g/mol. The number of thiophene rings is 1. The maximum atomic E-state index is 9.28. The summed E-state index contributed by atoms with van der Waals surface area (Å²) in [4.78, 5) is 13.5. The lowest BCUT2D eigenvalue weighted by Gasteiger charge is -2.21. The van der Waals surface area contributed by atoms with Gasteiger partial charge in [0.05, 0.1) is 29.9 Å². The van der Waals surface area contributed by atoms with Crippen molar-refractivity contribution < 1.29 is 5.11 Å². The van der Waals surface area contributed by atoms with E-state index in [4.69, 9.17) is 0 Å². The average Bonchev–Trinajstić information content (AvgIpc) is 3.03. The van der Waals surface area contributed by atoms with Crippen LogP contribution in [0.3, 0.4) is 0 Å². The molecule has 0 bridgehead atoms. The number of rotatable bonds is 2. The van der Waals surface area contributed by atoms with Gasteiger partial charge in [-0.15, -0.1) is 11.3 Å². The van der Waals surface area contributed by atoms with Crippen molar-refractivity contribution in [3.05, 3.63) is 34.7 Å². The van der Waals surface area contributed by atoms with E-state index in [0.717, 1.165) is 53.5 Å². The van der Waals surface area contributed by atoms with E-state index in [9.17, 15) is 5.11 Å². The van der Waals surface area contributed by atoms with Crippen molar-refractivity contribution in [2.24, 2.45) is 0 Å². The van der Waals surface area contributed by atoms with Crippen LogP contribution in [0.5, 0.6) is 0 Å². The van der Waals surface area contributed by atoms with Gasteiger partial charge in [0.15, 0.2) is 0 Å². The highest BCUT2D eigenvalue weighted by atomic mass is 32.1. The topological polar surface area (TPSA) is 67.1 Å². The first-order valence-electron chi connectivity index (χ1n) is 7.37. The van der Waals surface area contributed by atoms with E-state index in [1.807, 2.05) is 10.7 Å². The molecule has 1 aliphatic heterocycles. The van der Waals surface area contributed by atoms with E-state index in [1.165, 1.54) is 4.88 Å². The molecule has 4 rings (SSSR count). The van der Waals surface area contributed by atoms with Crippen LogP contribution in [-0.4, -0.2) is 31.4 Å². The van der Waals surface area contributed by atoms with Crippen LogP contribution in [0.4, 0.5) is 5.82 Å². The van der Waals surface area contributed by atoms with Gasteiger partial charge in [-0.3, -0.25) is 4.68 Å². The van der Waals surface area contributed by atoms with Crippen molar-refractivity contribution in [3.8, 4) is 0 Å². The number of nitrogens with zero attached hydrogens (tertiary/aromatic N) is 5. The van der Waals surface area contributed by atoms with Gasteiger partial charge in [-0.05, 0) is 25.5 Å². The Bertz CT molecular complexity index is 825. The molecule has 0 saturated heterocycles. The Balaban J connectivity index is 1.75. The Morgan fingerprint density at radius 1 is 1.27 bits per heavy atom. The van der Waals surface area contributed by atoms with Gasteiger partial charge >= 0.3 is 0 Å². The Hall–Kier alpha value is -1.99. The minimum Gasteiger partial charge on any atom is -0.390 e. The molecule has 0 amide bonds. The molecule has 6 nitrogen and oxygen atoms in total. The molecule has 0 spiro atoms. The second kappa shape index (κ2) is 5.33. The van der Waals surface area contributed by atoms with Crippen LogP contribution in [0.15, 0.2) is 18.5 Å². The zero-order valence-corrected chi connectivity index (χ0v) is 13.2. The van der Waals surface area contributed by atoms with E-state index < -0.39 is 0 Å². The molecule has 0 aliphatic carbocycles. The summed E-state index contributed by atoms with van der Waals surface area (Å²) in [7, 11) is 0. The molecule has 0 fully saturated rings. The monoisotopic (exact) mass is 315 g/mol. The fourth-order valence-corrected chi connectivity index (χ4v) is 3.84. The largest absolute Gasteiger partial charge is 0.390 e. The van der Waals surface area contributed by atoms with Gasteiger partial charge in [0.25, 0.3) is 0 Å². The second-order valence-corrected chi connectivity index (χ2v) is 6.79. The first-order valence-corrected chi connectivity index (χ1v) is 8.19. The summed E-state index contributed by atoms with van der Waals surface area (Å²) in [6.45, 7) is 4.66. The van der Waals surface area contributed by atoms with Crippen LogP contribution in [0.25, 0.3) is 10.2 Å². The Labute approximate surface area is 132 Å². The molecule has 4 heterocycles. The molecule has 0 unspecified atom stereocenters. The number of anilines is 1. The molecule has 0 saturated carbocycles. The Morgan fingerprint density at radius 2 is 2.18 bits per heavy atom. The lowest BCUT2D eigenvalue weighted by molar-refractivity contribution is 0.275. The number of aliphatic hydroxyl groups is 1. The first kappa shape index (κ1) is 13.7. The van der Waals surface area contributed by atoms with Crippen molar-refractivity contribution in [1.82, 2.24) is 19.7 Å². The van der Waals surface area contributed by atoms with Crippen molar-refractivity contribution in [2.75, 3.05) is 11.4 Å². The quantitative estimate of drug-likeness (QED) is 0.784. The summed E-state index contributed by atoms with van der Waals surface area (Å²) < 4.78 is 2.00. The summed E-state index contributed by atoms with van der Waals surface area (Å²) >= 11 is 1.70. The van der Waals surface area contributed by atoms with E-state index in [-0.39, 0.29) is 6.61 Å². The maximum absolute atomic E-state index is 9.28. The molecule has 0 atom stereocenters. The molecule has 1 aliphatic rings. The van der Waals surface area contributed by atoms with Gasteiger partial charge in [0, 0.05) is 18.0 Å². The standard InChI is InChI=1S/C15H17N5OS/c1-10-5-13-14(16-9-17-15(13)22-10)19-3-2-4-20-12(7-19)6-11(8-21)18-20/h5-6,9,21H,2-4,7-8H2,1H3. The van der Waals surface area contributed by atoms with Gasteiger partial charge in [-0.2, -0.15) is 5.10 Å². The van der Waals surface area contributed by atoms with Crippen molar-refractivity contribution in [1.29, 1.82) is 0 Å². The van der Waals surface area contributed by atoms with Crippen LogP contribution in [0.1, 0.15) is 22.7 Å². The molecule has 22 heavy (non-hydrogen) atoms. The lowest BCUT2D eigenvalue weighted by Crippen LogP contribution is -2.23. The Kier molecular flexibility index (Phi) is 3.31. The highest BCUT2D eigenvalue weighted by Crippen LogP contribution is 2.31. The smallest absolute Gasteiger partial charge is 0.141 e. The van der Waals surface area contributed by atoms with Crippen LogP contribution >= 0.6 is 11.3 Å². The van der Waals surface area contributed by atoms with E-state index in [0.29, 0.717) is 0 Å². The molecular weight excluding hydrogens is 298 g/mol. The summed E-state index contributed by atoms with van der Waals surface area (Å²) in [6.07, 6.45) is 2.66. The molecule has 1 N–H and O–H groups in total. The summed E-state index contributed by atoms with van der Waals surface area (Å²) in [6, 6.07) is 4.15. The number of fused-ring (bicyclic) bond motifs is 2. The van der Waals surface area contributed by atoms with Gasteiger partial charge in [-0.1, -0.05) is 0 Å². The van der Waals surface area contributed by atoms with Crippen LogP contribution in [0.2, 0.25) is 0 Å². The van der Waals surface area contributed by atoms with Crippen LogP contribution in [0, 0.1) is 6.92 Å². The molecular formula is C15H17N5OS. The van der Waals surface area contributed by atoms with Gasteiger partial charge in [0.2, 0.25) is 0 Å². The van der Waals surface area contributed by atoms with Crippen LogP contribution < -0.4 is 4.90 Å². The SMILES string of the molecule is Cc1cc2c(N3CCCn4nc(CO)cc4C3)ncnc2s1. The van der Waals surface area contributed by atoms with E-state index >= 15 is 0 Å². The van der Waals surface area contributed by atoms with Gasteiger partial charge in [-0.25, -0.2) is 9.97 Å². The Morgan fingerprint density at radius 3 is 3.05 bits per heavy atom. The number of hydrogen-bond donors (Lipinski definition) is 1. The summed E-state index contributed by atoms with van der Waals surface area (Å²) in [5.74, 6) is 0.995. The maximum Gasteiger partial charge on any atom is 0.141 e. The molecule has 7 heteroatoms. The third-order valence-electron chi connectivity index (χ3n) is 3.96. The number of aromatic nitrogens is 4. The third-order valence-corrected chi connectivity index (χ3v) is 4.92. The number of aliphatic hydroxyl groups excluding tert-OH is 1. The first-order chi connectivity index (χ1) is 10.7. The van der Waals surface area contributed by atoms with E-state index in [1.54, 1.807) is 17.7 Å². The second-order valence-electron chi connectivity index (χ2n) is 5.56. The number of hydrogen-bond acceptors (Lipinski definition) is 6. The summed E-state index contributed by atoms with van der Waals surface area (Å²) in [5.41, 5.74) is 1.86. The van der Waals surface area contributed by atoms with Crippen molar-refractivity contribution in [3.63, 3.8) is 0 Å². The minimum atomic E-state index is -0.0124. The van der Waals surface area contributed by atoms with Crippen LogP contribution in [-0.2, 0) is 19.7 Å². The fourth-order valence-electron chi connectivity index (χ4n) is 3.00. The minimum absolute atomic E-state index is 0.0124. The zero-order valence-electron chi connectivity index (χ0n) is 12.4. The van der Waals surface area contributed by atoms with E-state index in [2.05, 4.69) is 33.0 Å². The highest BCUT2D eigenvalue weighted by Gasteiger charge is 2.20. The summed E-state index contributed by atoms with van der Waals surface area (Å²) in [5, 5.41) is 14.8.